The van der Waals surface area contributed by atoms with Gasteiger partial charge in [0.15, 0.2) is 0 Å². The summed E-state index contributed by atoms with van der Waals surface area (Å²) >= 11 is 1.87. The molecule has 2 heterocycles. The molecule has 0 radical (unpaired) electrons. The van der Waals surface area contributed by atoms with Gasteiger partial charge in [-0.3, -0.25) is 4.79 Å². The van der Waals surface area contributed by atoms with Crippen molar-refractivity contribution in [2.45, 2.75) is 12.5 Å². The highest BCUT2D eigenvalue weighted by molar-refractivity contribution is 7.99. The number of hydrogen-bond acceptors (Lipinski definition) is 5. The molecule has 1 N–H and O–H groups in total. The van der Waals surface area contributed by atoms with Gasteiger partial charge in [-0.1, -0.05) is 0 Å². The summed E-state index contributed by atoms with van der Waals surface area (Å²) in [6, 6.07) is 3.33. The number of aromatic nitrogens is 1. The van der Waals surface area contributed by atoms with E-state index in [2.05, 4.69) is 4.98 Å². The van der Waals surface area contributed by atoms with Crippen LogP contribution in [0.5, 0.6) is 5.88 Å². The second-order valence-electron chi connectivity index (χ2n) is 4.44. The van der Waals surface area contributed by atoms with E-state index in [0.717, 1.165) is 17.9 Å². The van der Waals surface area contributed by atoms with Crippen molar-refractivity contribution in [1.29, 1.82) is 0 Å². The first-order valence-electron chi connectivity index (χ1n) is 6.27. The lowest BCUT2D eigenvalue weighted by Crippen LogP contribution is -2.29. The fourth-order valence-electron chi connectivity index (χ4n) is 1.86. The van der Waals surface area contributed by atoms with Gasteiger partial charge in [-0.2, -0.15) is 11.8 Å². The van der Waals surface area contributed by atoms with Crippen molar-refractivity contribution >= 4 is 17.7 Å². The zero-order valence-electron chi connectivity index (χ0n) is 10.9. The molecule has 0 aliphatic carbocycles. The molecule has 1 fully saturated rings. The van der Waals surface area contributed by atoms with E-state index in [1.807, 2.05) is 11.8 Å². The summed E-state index contributed by atoms with van der Waals surface area (Å²) in [7, 11) is 1.66. The van der Waals surface area contributed by atoms with Crippen LogP contribution in [0.15, 0.2) is 18.3 Å². The van der Waals surface area contributed by atoms with Gasteiger partial charge in [0.1, 0.15) is 6.10 Å². The van der Waals surface area contributed by atoms with Crippen molar-refractivity contribution in [1.82, 2.24) is 9.88 Å². The number of likely N-dealkylation sites (N-methyl/N-ethyl adjacent to an activating group) is 1. The number of rotatable bonds is 5. The molecule has 1 aromatic rings. The minimum absolute atomic E-state index is 0.0457. The van der Waals surface area contributed by atoms with Crippen LogP contribution < -0.4 is 4.74 Å². The third-order valence-corrected chi connectivity index (χ3v) is 4.07. The normalized spacial score (nSPS) is 18.3. The standard InChI is InChI=1S/C13H18N2O3S/c1-15(5-6-16)13(17)10-2-4-14-12(8-10)18-11-3-7-19-9-11/h2,4,8,11,16H,3,5-7,9H2,1H3. The number of carbonyl (C=O) groups is 1. The molecular formula is C13H18N2O3S. The fourth-order valence-corrected chi connectivity index (χ4v) is 2.95. The highest BCUT2D eigenvalue weighted by atomic mass is 32.2. The minimum Gasteiger partial charge on any atom is -0.473 e. The maximum atomic E-state index is 12.1. The number of hydrogen-bond donors (Lipinski definition) is 1. The molecule has 0 aromatic carbocycles. The monoisotopic (exact) mass is 282 g/mol. The summed E-state index contributed by atoms with van der Waals surface area (Å²) < 4.78 is 5.75. The quantitative estimate of drug-likeness (QED) is 0.874. The molecule has 0 bridgehead atoms. The SMILES string of the molecule is CN(CCO)C(=O)c1ccnc(OC2CCSC2)c1. The van der Waals surface area contributed by atoms with Gasteiger partial charge in [0.25, 0.3) is 5.91 Å². The predicted molar refractivity (Wildman–Crippen MR) is 74.6 cm³/mol. The lowest BCUT2D eigenvalue weighted by Gasteiger charge is -2.16. The Labute approximate surface area is 117 Å². The smallest absolute Gasteiger partial charge is 0.253 e. The Balaban J connectivity index is 2.03. The third-order valence-electron chi connectivity index (χ3n) is 2.94. The molecule has 1 aliphatic heterocycles. The number of aliphatic hydroxyl groups is 1. The lowest BCUT2D eigenvalue weighted by molar-refractivity contribution is 0.0766. The topological polar surface area (TPSA) is 62.7 Å². The molecule has 2 rings (SSSR count). The maximum Gasteiger partial charge on any atom is 0.253 e. The molecule has 6 heteroatoms. The Kier molecular flexibility index (Phi) is 5.04. The Morgan fingerprint density at radius 1 is 1.68 bits per heavy atom. The van der Waals surface area contributed by atoms with Crippen molar-refractivity contribution in [3.8, 4) is 5.88 Å². The van der Waals surface area contributed by atoms with E-state index in [-0.39, 0.29) is 18.6 Å². The number of ether oxygens (including phenoxy) is 1. The Bertz CT molecular complexity index is 436. The number of aliphatic hydroxyl groups excluding tert-OH is 1. The summed E-state index contributed by atoms with van der Waals surface area (Å²) in [6.45, 7) is 0.270. The fraction of sp³-hybridized carbons (Fsp3) is 0.538. The van der Waals surface area contributed by atoms with Crippen LogP contribution in [0.3, 0.4) is 0 Å². The Morgan fingerprint density at radius 2 is 2.53 bits per heavy atom. The first-order chi connectivity index (χ1) is 9.20. The van der Waals surface area contributed by atoms with Crippen LogP contribution in [0, 0.1) is 0 Å². The van der Waals surface area contributed by atoms with Crippen LogP contribution in [0.25, 0.3) is 0 Å². The van der Waals surface area contributed by atoms with Crippen LogP contribution in [-0.2, 0) is 0 Å². The summed E-state index contributed by atoms with van der Waals surface area (Å²) in [5.74, 6) is 2.45. The summed E-state index contributed by atoms with van der Waals surface area (Å²) in [5.41, 5.74) is 0.534. The second kappa shape index (κ2) is 6.77. The molecule has 1 unspecified atom stereocenters. The molecule has 1 atom stereocenters. The van der Waals surface area contributed by atoms with E-state index < -0.39 is 0 Å². The second-order valence-corrected chi connectivity index (χ2v) is 5.59. The predicted octanol–water partition coefficient (Wildman–Crippen LogP) is 1.03. The van der Waals surface area contributed by atoms with Crippen molar-refractivity contribution in [3.05, 3.63) is 23.9 Å². The van der Waals surface area contributed by atoms with Crippen LogP contribution in [0.1, 0.15) is 16.8 Å². The maximum absolute atomic E-state index is 12.1. The third kappa shape index (κ3) is 3.84. The Hall–Kier alpha value is -1.27. The molecular weight excluding hydrogens is 264 g/mol. The minimum atomic E-state index is -0.137. The average Bonchev–Trinajstić information content (AvgIpc) is 2.91. The van der Waals surface area contributed by atoms with Crippen molar-refractivity contribution in [3.63, 3.8) is 0 Å². The van der Waals surface area contributed by atoms with Gasteiger partial charge in [0, 0.05) is 37.2 Å². The van der Waals surface area contributed by atoms with E-state index in [4.69, 9.17) is 9.84 Å². The largest absolute Gasteiger partial charge is 0.473 e. The van der Waals surface area contributed by atoms with Gasteiger partial charge in [0.05, 0.1) is 6.61 Å². The summed E-state index contributed by atoms with van der Waals surface area (Å²) in [5, 5.41) is 8.84. The number of nitrogens with zero attached hydrogens (tertiary/aromatic N) is 2. The van der Waals surface area contributed by atoms with Gasteiger partial charge >= 0.3 is 0 Å². The highest BCUT2D eigenvalue weighted by Crippen LogP contribution is 2.22. The molecule has 5 nitrogen and oxygen atoms in total. The van der Waals surface area contributed by atoms with E-state index >= 15 is 0 Å². The zero-order valence-corrected chi connectivity index (χ0v) is 11.7. The molecule has 1 aliphatic rings. The average molecular weight is 282 g/mol. The molecule has 1 aromatic heterocycles. The van der Waals surface area contributed by atoms with Crippen molar-refractivity contribution in [2.75, 3.05) is 31.7 Å². The van der Waals surface area contributed by atoms with E-state index in [1.54, 1.807) is 25.4 Å². The number of thioether (sulfide) groups is 1. The molecule has 0 saturated carbocycles. The van der Waals surface area contributed by atoms with E-state index in [0.29, 0.717) is 18.0 Å². The van der Waals surface area contributed by atoms with Gasteiger partial charge in [-0.15, -0.1) is 0 Å². The van der Waals surface area contributed by atoms with Gasteiger partial charge in [-0.05, 0) is 18.2 Å². The highest BCUT2D eigenvalue weighted by Gasteiger charge is 2.18. The van der Waals surface area contributed by atoms with E-state index in [9.17, 15) is 4.79 Å². The molecule has 0 spiro atoms. The van der Waals surface area contributed by atoms with Crippen LogP contribution in [0.2, 0.25) is 0 Å². The molecule has 104 valence electrons. The molecule has 1 saturated heterocycles. The zero-order chi connectivity index (χ0) is 13.7. The summed E-state index contributed by atoms with van der Waals surface area (Å²) in [4.78, 5) is 17.7. The van der Waals surface area contributed by atoms with Gasteiger partial charge in [0.2, 0.25) is 5.88 Å². The number of pyridine rings is 1. The molecule has 1 amide bonds. The van der Waals surface area contributed by atoms with Gasteiger partial charge in [-0.25, -0.2) is 4.98 Å². The van der Waals surface area contributed by atoms with Crippen molar-refractivity contribution < 1.29 is 14.6 Å². The number of carbonyl (C=O) groups excluding carboxylic acids is 1. The lowest BCUT2D eigenvalue weighted by atomic mass is 10.2. The van der Waals surface area contributed by atoms with Crippen molar-refractivity contribution in [2.24, 2.45) is 0 Å². The van der Waals surface area contributed by atoms with Crippen LogP contribution in [0.4, 0.5) is 0 Å². The Morgan fingerprint density at radius 3 is 3.21 bits per heavy atom. The van der Waals surface area contributed by atoms with Crippen LogP contribution in [-0.4, -0.2) is 58.7 Å². The summed E-state index contributed by atoms with van der Waals surface area (Å²) in [6.07, 6.45) is 2.80. The van der Waals surface area contributed by atoms with Crippen LogP contribution >= 0.6 is 11.8 Å². The first kappa shape index (κ1) is 14.1. The number of amides is 1. The van der Waals surface area contributed by atoms with E-state index in [1.165, 1.54) is 4.90 Å². The first-order valence-corrected chi connectivity index (χ1v) is 7.43. The van der Waals surface area contributed by atoms with Gasteiger partial charge < -0.3 is 14.7 Å². The molecule has 19 heavy (non-hydrogen) atoms.